The van der Waals surface area contributed by atoms with Gasteiger partial charge in [0.1, 0.15) is 0 Å². The molecule has 1 unspecified atom stereocenters. The Hall–Kier alpha value is -1.92. The van der Waals surface area contributed by atoms with Crippen molar-refractivity contribution in [2.24, 2.45) is 5.73 Å². The highest BCUT2D eigenvalue weighted by molar-refractivity contribution is 5.93. The molecule has 3 N–H and O–H groups in total. The van der Waals surface area contributed by atoms with Crippen molar-refractivity contribution in [3.05, 3.63) is 42.4 Å². The van der Waals surface area contributed by atoms with E-state index >= 15 is 0 Å². The molecular formula is C14H20ClN5O. The van der Waals surface area contributed by atoms with Crippen molar-refractivity contribution >= 4 is 24.1 Å². The second-order valence-electron chi connectivity index (χ2n) is 4.64. The van der Waals surface area contributed by atoms with Crippen LogP contribution >= 0.6 is 12.4 Å². The van der Waals surface area contributed by atoms with E-state index in [2.05, 4.69) is 15.4 Å². The van der Waals surface area contributed by atoms with E-state index in [1.165, 1.54) is 0 Å². The van der Waals surface area contributed by atoms with Crippen molar-refractivity contribution in [1.82, 2.24) is 14.8 Å². The van der Waals surface area contributed by atoms with Gasteiger partial charge in [0.25, 0.3) is 0 Å². The predicted molar refractivity (Wildman–Crippen MR) is 84.3 cm³/mol. The predicted octanol–water partition coefficient (Wildman–Crippen LogP) is 1.81. The van der Waals surface area contributed by atoms with Gasteiger partial charge in [-0.3, -0.25) is 14.5 Å². The molecule has 0 aliphatic heterocycles. The molecule has 0 bridgehead atoms. The maximum absolute atomic E-state index is 11.8. The van der Waals surface area contributed by atoms with Crippen molar-refractivity contribution < 1.29 is 4.79 Å². The van der Waals surface area contributed by atoms with Crippen LogP contribution in [0.2, 0.25) is 0 Å². The van der Waals surface area contributed by atoms with Crippen LogP contribution in [-0.4, -0.2) is 26.7 Å². The largest absolute Gasteiger partial charge is 0.320 e. The molecule has 2 rings (SSSR count). The number of hydrogen-bond donors (Lipinski definition) is 2. The van der Waals surface area contributed by atoms with Crippen LogP contribution in [0.3, 0.4) is 0 Å². The number of halogens is 1. The number of carbonyl (C=O) groups is 1. The lowest BCUT2D eigenvalue weighted by molar-refractivity contribution is -0.117. The monoisotopic (exact) mass is 309 g/mol. The van der Waals surface area contributed by atoms with Crippen LogP contribution in [0.1, 0.15) is 25.3 Å². The molecule has 0 saturated carbocycles. The van der Waals surface area contributed by atoms with Crippen molar-refractivity contribution in [2.75, 3.05) is 5.32 Å². The van der Waals surface area contributed by atoms with Gasteiger partial charge in [-0.2, -0.15) is 5.10 Å². The lowest BCUT2D eigenvalue weighted by atomic mass is 10.2. The van der Waals surface area contributed by atoms with Crippen LogP contribution in [0.4, 0.5) is 5.82 Å². The Balaban J connectivity index is 0.00000220. The number of aromatic nitrogens is 3. The molecule has 0 aromatic carbocycles. The third-order valence-corrected chi connectivity index (χ3v) is 2.92. The minimum Gasteiger partial charge on any atom is -0.320 e. The fourth-order valence-electron chi connectivity index (χ4n) is 1.85. The number of carbonyl (C=O) groups excluding carboxylic acids is 1. The molecule has 0 saturated heterocycles. The highest BCUT2D eigenvalue weighted by Gasteiger charge is 2.13. The molecule has 2 aromatic heterocycles. The molecule has 0 spiro atoms. The highest BCUT2D eigenvalue weighted by Crippen LogP contribution is 2.07. The Bertz CT molecular complexity index is 558. The smallest absolute Gasteiger partial charge is 0.242 e. The summed E-state index contributed by atoms with van der Waals surface area (Å²) in [4.78, 5) is 15.7. The lowest BCUT2D eigenvalue weighted by Crippen LogP contribution is -2.35. The molecule has 0 radical (unpaired) electrons. The van der Waals surface area contributed by atoms with Gasteiger partial charge >= 0.3 is 0 Å². The second-order valence-corrected chi connectivity index (χ2v) is 4.64. The summed E-state index contributed by atoms with van der Waals surface area (Å²) >= 11 is 0. The quantitative estimate of drug-likeness (QED) is 0.852. The van der Waals surface area contributed by atoms with Crippen molar-refractivity contribution in [3.8, 4) is 0 Å². The summed E-state index contributed by atoms with van der Waals surface area (Å²) in [5.41, 5.74) is 6.85. The van der Waals surface area contributed by atoms with E-state index in [9.17, 15) is 4.79 Å². The third-order valence-electron chi connectivity index (χ3n) is 2.92. The minimum atomic E-state index is -0.481. The number of nitrogens with two attached hydrogens (primary N) is 1. The Labute approximate surface area is 130 Å². The van der Waals surface area contributed by atoms with Crippen molar-refractivity contribution in [3.63, 3.8) is 0 Å². The number of rotatable bonds is 6. The van der Waals surface area contributed by atoms with E-state index in [1.54, 1.807) is 23.1 Å². The van der Waals surface area contributed by atoms with Gasteiger partial charge in [0.05, 0.1) is 12.6 Å². The van der Waals surface area contributed by atoms with E-state index in [-0.39, 0.29) is 18.3 Å². The van der Waals surface area contributed by atoms with E-state index in [0.717, 1.165) is 12.0 Å². The number of anilines is 1. The lowest BCUT2D eigenvalue weighted by Gasteiger charge is -2.09. The zero-order chi connectivity index (χ0) is 14.4. The molecule has 0 fully saturated rings. The van der Waals surface area contributed by atoms with E-state index < -0.39 is 6.04 Å². The zero-order valence-electron chi connectivity index (χ0n) is 11.9. The Morgan fingerprint density at radius 2 is 2.10 bits per heavy atom. The maximum Gasteiger partial charge on any atom is 0.242 e. The summed E-state index contributed by atoms with van der Waals surface area (Å²) in [6, 6.07) is 5.14. The summed E-state index contributed by atoms with van der Waals surface area (Å²) in [5, 5.41) is 7.02. The first kappa shape index (κ1) is 17.1. The first-order valence-corrected chi connectivity index (χ1v) is 6.68. The number of hydrogen-bond acceptors (Lipinski definition) is 4. The van der Waals surface area contributed by atoms with Crippen LogP contribution in [0.5, 0.6) is 0 Å². The van der Waals surface area contributed by atoms with Gasteiger partial charge in [0.2, 0.25) is 5.91 Å². The van der Waals surface area contributed by atoms with Gasteiger partial charge in [-0.1, -0.05) is 13.3 Å². The van der Waals surface area contributed by atoms with Gasteiger partial charge in [0, 0.05) is 24.7 Å². The minimum absolute atomic E-state index is 0. The molecule has 0 aliphatic rings. The number of amides is 1. The van der Waals surface area contributed by atoms with Gasteiger partial charge in [-0.15, -0.1) is 12.4 Å². The normalized spacial score (nSPS) is 11.5. The van der Waals surface area contributed by atoms with Crippen LogP contribution in [0.15, 0.2) is 36.8 Å². The average Bonchev–Trinajstić information content (AvgIpc) is 2.87. The first-order valence-electron chi connectivity index (χ1n) is 6.68. The first-order chi connectivity index (χ1) is 9.69. The number of nitrogens with zero attached hydrogens (tertiary/aromatic N) is 3. The standard InChI is InChI=1S/C14H19N5O.ClH/c1-2-3-12(15)14(20)17-13-6-9-19(18-13)10-11-4-7-16-8-5-11;/h4-9,12H,2-3,10,15H2,1H3,(H,17,18,20);1H. The summed E-state index contributed by atoms with van der Waals surface area (Å²) in [5.74, 6) is 0.330. The topological polar surface area (TPSA) is 85.8 Å². The molecule has 1 atom stereocenters. The Morgan fingerprint density at radius 3 is 2.76 bits per heavy atom. The van der Waals surface area contributed by atoms with Crippen molar-refractivity contribution in [1.29, 1.82) is 0 Å². The number of nitrogens with one attached hydrogen (secondary N) is 1. The second kappa shape index (κ2) is 8.39. The molecule has 2 aromatic rings. The van der Waals surface area contributed by atoms with Gasteiger partial charge < -0.3 is 11.1 Å². The third kappa shape index (κ3) is 5.17. The SMILES string of the molecule is CCCC(N)C(=O)Nc1ccn(Cc2ccncc2)n1.Cl. The molecule has 1 amide bonds. The van der Waals surface area contributed by atoms with Gasteiger partial charge in [0.15, 0.2) is 5.82 Å². The van der Waals surface area contributed by atoms with Crippen LogP contribution in [0, 0.1) is 0 Å². The van der Waals surface area contributed by atoms with Crippen LogP contribution < -0.4 is 11.1 Å². The van der Waals surface area contributed by atoms with E-state index in [1.807, 2.05) is 25.3 Å². The maximum atomic E-state index is 11.8. The molecule has 0 aliphatic carbocycles. The van der Waals surface area contributed by atoms with E-state index in [4.69, 9.17) is 5.73 Å². The van der Waals surface area contributed by atoms with E-state index in [0.29, 0.717) is 18.8 Å². The molecule has 21 heavy (non-hydrogen) atoms. The zero-order valence-corrected chi connectivity index (χ0v) is 12.7. The fraction of sp³-hybridized carbons (Fsp3) is 0.357. The molecular weight excluding hydrogens is 290 g/mol. The van der Waals surface area contributed by atoms with Crippen LogP contribution in [0.25, 0.3) is 0 Å². The van der Waals surface area contributed by atoms with Crippen LogP contribution in [-0.2, 0) is 11.3 Å². The van der Waals surface area contributed by atoms with Gasteiger partial charge in [-0.25, -0.2) is 0 Å². The summed E-state index contributed by atoms with van der Waals surface area (Å²) in [6.07, 6.45) is 6.85. The fourth-order valence-corrected chi connectivity index (χ4v) is 1.85. The average molecular weight is 310 g/mol. The number of pyridine rings is 1. The molecule has 2 heterocycles. The van der Waals surface area contributed by atoms with Crippen molar-refractivity contribution in [2.45, 2.75) is 32.4 Å². The molecule has 7 heteroatoms. The molecule has 114 valence electrons. The summed E-state index contributed by atoms with van der Waals surface area (Å²) in [7, 11) is 0. The highest BCUT2D eigenvalue weighted by atomic mass is 35.5. The van der Waals surface area contributed by atoms with Gasteiger partial charge in [-0.05, 0) is 24.1 Å². The summed E-state index contributed by atoms with van der Waals surface area (Å²) < 4.78 is 1.76. The Kier molecular flexibility index (Phi) is 6.84. The summed E-state index contributed by atoms with van der Waals surface area (Å²) in [6.45, 7) is 2.63. The molecule has 6 nitrogen and oxygen atoms in total. The Morgan fingerprint density at radius 1 is 1.38 bits per heavy atom.